The van der Waals surface area contributed by atoms with Gasteiger partial charge in [0.1, 0.15) is 11.0 Å². The monoisotopic (exact) mass is 232 g/mol. The largest absolute Gasteiger partial charge is 0.394 e. The average Bonchev–Trinajstić information content (AvgIpc) is 2.16. The SMILES string of the molecule is CC(CO)(CO)Nc1cc(Cl)nc(N)n1. The lowest BCUT2D eigenvalue weighted by Gasteiger charge is -2.26. The lowest BCUT2D eigenvalue weighted by atomic mass is 10.1. The molecule has 0 aliphatic heterocycles. The van der Waals surface area contributed by atoms with Crippen molar-refractivity contribution in [2.75, 3.05) is 24.3 Å². The van der Waals surface area contributed by atoms with Crippen LogP contribution in [0, 0.1) is 0 Å². The van der Waals surface area contributed by atoms with Crippen LogP contribution in [0.5, 0.6) is 0 Å². The highest BCUT2D eigenvalue weighted by Crippen LogP contribution is 2.16. The summed E-state index contributed by atoms with van der Waals surface area (Å²) in [5.41, 5.74) is 4.52. The van der Waals surface area contributed by atoms with Crippen molar-refractivity contribution in [3.05, 3.63) is 11.2 Å². The second-order valence-corrected chi connectivity index (χ2v) is 3.82. The van der Waals surface area contributed by atoms with Crippen molar-refractivity contribution in [3.63, 3.8) is 0 Å². The predicted octanol–water partition coefficient (Wildman–Crippen LogP) is -0.133. The molecule has 1 rings (SSSR count). The predicted molar refractivity (Wildman–Crippen MR) is 57.7 cm³/mol. The van der Waals surface area contributed by atoms with Gasteiger partial charge in [0.2, 0.25) is 5.95 Å². The van der Waals surface area contributed by atoms with Gasteiger partial charge in [-0.1, -0.05) is 11.6 Å². The first-order valence-electron chi connectivity index (χ1n) is 4.29. The Bertz CT molecular complexity index is 323. The van der Waals surface area contributed by atoms with E-state index in [9.17, 15) is 0 Å². The normalized spacial score (nSPS) is 11.5. The fourth-order valence-electron chi connectivity index (χ4n) is 0.937. The molecule has 0 fully saturated rings. The first-order chi connectivity index (χ1) is 6.99. The lowest BCUT2D eigenvalue weighted by molar-refractivity contribution is 0.147. The van der Waals surface area contributed by atoms with Crippen LogP contribution in [0.15, 0.2) is 6.07 Å². The molecule has 0 atom stereocenters. The minimum atomic E-state index is -0.871. The van der Waals surface area contributed by atoms with Crippen molar-refractivity contribution in [2.24, 2.45) is 0 Å². The molecule has 1 aromatic rings. The zero-order valence-electron chi connectivity index (χ0n) is 8.24. The van der Waals surface area contributed by atoms with Crippen molar-refractivity contribution in [1.82, 2.24) is 9.97 Å². The zero-order valence-corrected chi connectivity index (χ0v) is 8.99. The summed E-state index contributed by atoms with van der Waals surface area (Å²) in [6, 6.07) is 1.46. The number of anilines is 2. The third-order valence-corrected chi connectivity index (χ3v) is 2.03. The Kier molecular flexibility index (Phi) is 3.67. The third-order valence-electron chi connectivity index (χ3n) is 1.84. The quantitative estimate of drug-likeness (QED) is 0.539. The standard InChI is InChI=1S/C8H13ClN4O2/c1-8(3-14,4-15)13-6-2-5(9)11-7(10)12-6/h2,14-15H,3-4H2,1H3,(H3,10,11,12,13). The summed E-state index contributed by atoms with van der Waals surface area (Å²) in [6.45, 7) is 1.15. The van der Waals surface area contributed by atoms with Crippen LogP contribution in [0.25, 0.3) is 0 Å². The Morgan fingerprint density at radius 2 is 2.07 bits per heavy atom. The molecular weight excluding hydrogens is 220 g/mol. The van der Waals surface area contributed by atoms with E-state index in [1.807, 2.05) is 0 Å². The fraction of sp³-hybridized carbons (Fsp3) is 0.500. The van der Waals surface area contributed by atoms with Gasteiger partial charge in [0.05, 0.1) is 18.8 Å². The van der Waals surface area contributed by atoms with E-state index in [0.717, 1.165) is 0 Å². The molecule has 0 saturated heterocycles. The van der Waals surface area contributed by atoms with Crippen LogP contribution in [-0.4, -0.2) is 38.9 Å². The highest BCUT2D eigenvalue weighted by molar-refractivity contribution is 6.29. The number of aromatic nitrogens is 2. The van der Waals surface area contributed by atoms with Crippen molar-refractivity contribution in [1.29, 1.82) is 0 Å². The molecule has 7 heteroatoms. The maximum atomic E-state index is 9.06. The summed E-state index contributed by atoms with van der Waals surface area (Å²) in [5.74, 6) is 0.390. The minimum absolute atomic E-state index is 0.0308. The van der Waals surface area contributed by atoms with E-state index < -0.39 is 5.54 Å². The van der Waals surface area contributed by atoms with Gasteiger partial charge < -0.3 is 21.3 Å². The number of rotatable bonds is 4. The highest BCUT2D eigenvalue weighted by Gasteiger charge is 2.22. The van der Waals surface area contributed by atoms with E-state index >= 15 is 0 Å². The van der Waals surface area contributed by atoms with Gasteiger partial charge in [-0.25, -0.2) is 4.98 Å². The molecule has 0 aliphatic carbocycles. The minimum Gasteiger partial charge on any atom is -0.394 e. The second kappa shape index (κ2) is 4.61. The molecule has 0 spiro atoms. The number of hydrogen-bond acceptors (Lipinski definition) is 6. The first kappa shape index (κ1) is 12.0. The number of nitrogens with two attached hydrogens (primary N) is 1. The molecule has 0 saturated carbocycles. The Morgan fingerprint density at radius 3 is 2.53 bits per heavy atom. The Morgan fingerprint density at radius 1 is 1.47 bits per heavy atom. The molecule has 0 aromatic carbocycles. The molecule has 84 valence electrons. The number of hydrogen-bond donors (Lipinski definition) is 4. The summed E-state index contributed by atoms with van der Waals surface area (Å²) in [5, 5.41) is 21.1. The summed E-state index contributed by atoms with van der Waals surface area (Å²) >= 11 is 5.67. The van der Waals surface area contributed by atoms with Gasteiger partial charge in [-0.05, 0) is 6.92 Å². The Hall–Kier alpha value is -1.11. The number of aliphatic hydroxyl groups excluding tert-OH is 2. The van der Waals surface area contributed by atoms with Crippen LogP contribution in [-0.2, 0) is 0 Å². The van der Waals surface area contributed by atoms with Crippen LogP contribution < -0.4 is 11.1 Å². The van der Waals surface area contributed by atoms with Crippen LogP contribution in [0.4, 0.5) is 11.8 Å². The van der Waals surface area contributed by atoms with Gasteiger partial charge in [-0.15, -0.1) is 0 Å². The van der Waals surface area contributed by atoms with Crippen LogP contribution >= 0.6 is 11.6 Å². The Balaban J connectivity index is 2.88. The van der Waals surface area contributed by atoms with E-state index in [1.165, 1.54) is 6.07 Å². The summed E-state index contributed by atoms with van der Waals surface area (Å²) < 4.78 is 0. The van der Waals surface area contributed by atoms with Gasteiger partial charge in [-0.3, -0.25) is 0 Å². The van der Waals surface area contributed by atoms with Crippen molar-refractivity contribution < 1.29 is 10.2 Å². The molecule has 15 heavy (non-hydrogen) atoms. The zero-order chi connectivity index (χ0) is 11.5. The van der Waals surface area contributed by atoms with Crippen LogP contribution in [0.1, 0.15) is 6.92 Å². The maximum absolute atomic E-state index is 9.06. The second-order valence-electron chi connectivity index (χ2n) is 3.44. The number of halogens is 1. The summed E-state index contributed by atoms with van der Waals surface area (Å²) in [7, 11) is 0. The molecule has 0 bridgehead atoms. The van der Waals surface area contributed by atoms with E-state index in [1.54, 1.807) is 6.92 Å². The molecule has 0 aliphatic rings. The Labute approximate surface area is 92.1 Å². The third kappa shape index (κ3) is 3.19. The maximum Gasteiger partial charge on any atom is 0.223 e. The van der Waals surface area contributed by atoms with Crippen LogP contribution in [0.3, 0.4) is 0 Å². The van der Waals surface area contributed by atoms with Gasteiger partial charge >= 0.3 is 0 Å². The molecule has 0 radical (unpaired) electrons. The van der Waals surface area contributed by atoms with Gasteiger partial charge in [0, 0.05) is 6.07 Å². The van der Waals surface area contributed by atoms with E-state index in [0.29, 0.717) is 5.82 Å². The molecular formula is C8H13ClN4O2. The topological polar surface area (TPSA) is 104 Å². The van der Waals surface area contributed by atoms with E-state index in [4.69, 9.17) is 27.5 Å². The van der Waals surface area contributed by atoms with E-state index in [2.05, 4.69) is 15.3 Å². The highest BCUT2D eigenvalue weighted by atomic mass is 35.5. The summed E-state index contributed by atoms with van der Waals surface area (Å²) in [6.07, 6.45) is 0. The molecule has 0 amide bonds. The van der Waals surface area contributed by atoms with Gasteiger partial charge in [0.15, 0.2) is 0 Å². The van der Waals surface area contributed by atoms with Crippen molar-refractivity contribution in [2.45, 2.75) is 12.5 Å². The number of aliphatic hydroxyl groups is 2. The fourth-order valence-corrected chi connectivity index (χ4v) is 1.13. The smallest absolute Gasteiger partial charge is 0.223 e. The summed E-state index contributed by atoms with van der Waals surface area (Å²) in [4.78, 5) is 7.55. The number of nitrogens with zero attached hydrogens (tertiary/aromatic N) is 2. The van der Waals surface area contributed by atoms with Crippen LogP contribution in [0.2, 0.25) is 5.15 Å². The first-order valence-corrected chi connectivity index (χ1v) is 4.67. The molecule has 1 heterocycles. The lowest BCUT2D eigenvalue weighted by Crippen LogP contribution is -2.42. The van der Waals surface area contributed by atoms with Crippen molar-refractivity contribution in [3.8, 4) is 0 Å². The molecule has 5 N–H and O–H groups in total. The average molecular weight is 233 g/mol. The number of nitrogen functional groups attached to an aromatic ring is 1. The molecule has 0 unspecified atom stereocenters. The molecule has 6 nitrogen and oxygen atoms in total. The van der Waals surface area contributed by atoms with E-state index in [-0.39, 0.29) is 24.3 Å². The number of nitrogens with one attached hydrogen (secondary N) is 1. The molecule has 1 aromatic heterocycles. The van der Waals surface area contributed by atoms with Crippen molar-refractivity contribution >= 4 is 23.4 Å². The van der Waals surface area contributed by atoms with Gasteiger partial charge in [0.25, 0.3) is 0 Å². The van der Waals surface area contributed by atoms with Gasteiger partial charge in [-0.2, -0.15) is 4.98 Å².